The Morgan fingerprint density at radius 1 is 1.19 bits per heavy atom. The van der Waals surface area contributed by atoms with Crippen molar-refractivity contribution in [3.63, 3.8) is 0 Å². The minimum atomic E-state index is -0.0341. The molecule has 3 unspecified atom stereocenters. The van der Waals surface area contributed by atoms with E-state index in [1.807, 2.05) is 18.2 Å². The van der Waals surface area contributed by atoms with Crippen molar-refractivity contribution >= 4 is 6.03 Å². The molecule has 0 heterocycles. The molecule has 0 bridgehead atoms. The molecule has 1 aromatic carbocycles. The molecule has 4 heteroatoms. The van der Waals surface area contributed by atoms with E-state index < -0.39 is 0 Å². The van der Waals surface area contributed by atoms with E-state index in [-0.39, 0.29) is 12.1 Å². The number of hydrogen-bond donors (Lipinski definition) is 3. The Balaban J connectivity index is 1.29. The number of nitrogens with two attached hydrogens (primary N) is 1. The van der Waals surface area contributed by atoms with Gasteiger partial charge in [-0.15, -0.1) is 0 Å². The average molecular weight is 287 g/mol. The zero-order chi connectivity index (χ0) is 14.7. The standard InChI is InChI=1S/C17H25N3O/c18-15(8-12-4-2-1-3-5-12)6-7-19-17(21)20-16-10-13-9-14(13)11-16/h1-5,13-16H,6-11,18H2,(H2,19,20,21). The quantitative estimate of drug-likeness (QED) is 0.749. The maximum Gasteiger partial charge on any atom is 0.315 e. The number of nitrogens with one attached hydrogen (secondary N) is 2. The summed E-state index contributed by atoms with van der Waals surface area (Å²) in [7, 11) is 0. The zero-order valence-corrected chi connectivity index (χ0v) is 12.4. The van der Waals surface area contributed by atoms with Crippen molar-refractivity contribution in [3.8, 4) is 0 Å². The van der Waals surface area contributed by atoms with Crippen LogP contribution in [-0.2, 0) is 6.42 Å². The smallest absolute Gasteiger partial charge is 0.315 e. The van der Waals surface area contributed by atoms with Crippen molar-refractivity contribution in [2.24, 2.45) is 17.6 Å². The van der Waals surface area contributed by atoms with Crippen LogP contribution in [0, 0.1) is 11.8 Å². The normalized spacial score (nSPS) is 27.8. The first-order valence-corrected chi connectivity index (χ1v) is 8.04. The molecular weight excluding hydrogens is 262 g/mol. The van der Waals surface area contributed by atoms with Gasteiger partial charge in [0, 0.05) is 18.6 Å². The summed E-state index contributed by atoms with van der Waals surface area (Å²) in [5.74, 6) is 1.80. The van der Waals surface area contributed by atoms with E-state index in [4.69, 9.17) is 5.73 Å². The van der Waals surface area contributed by atoms with Gasteiger partial charge in [0.1, 0.15) is 0 Å². The molecule has 0 spiro atoms. The number of benzene rings is 1. The Bertz CT molecular complexity index is 466. The fraction of sp³-hybridized carbons (Fsp3) is 0.588. The molecule has 2 saturated carbocycles. The summed E-state index contributed by atoms with van der Waals surface area (Å²) < 4.78 is 0. The molecule has 1 aromatic rings. The van der Waals surface area contributed by atoms with Gasteiger partial charge in [-0.2, -0.15) is 0 Å². The highest BCUT2D eigenvalue weighted by atomic mass is 16.2. The van der Waals surface area contributed by atoms with Gasteiger partial charge >= 0.3 is 6.03 Å². The van der Waals surface area contributed by atoms with Crippen molar-refractivity contribution in [1.82, 2.24) is 10.6 Å². The number of rotatable bonds is 6. The van der Waals surface area contributed by atoms with Gasteiger partial charge in [-0.25, -0.2) is 4.79 Å². The summed E-state index contributed by atoms with van der Waals surface area (Å²) >= 11 is 0. The minimum absolute atomic E-state index is 0.0341. The summed E-state index contributed by atoms with van der Waals surface area (Å²) in [6.45, 7) is 0.638. The van der Waals surface area contributed by atoms with Crippen LogP contribution in [0.3, 0.4) is 0 Å². The molecule has 21 heavy (non-hydrogen) atoms. The first kappa shape index (κ1) is 14.4. The van der Waals surface area contributed by atoms with Crippen molar-refractivity contribution in [1.29, 1.82) is 0 Å². The lowest BCUT2D eigenvalue weighted by molar-refractivity contribution is 0.236. The summed E-state index contributed by atoms with van der Waals surface area (Å²) in [6, 6.07) is 10.7. The van der Waals surface area contributed by atoms with E-state index in [0.717, 1.165) is 24.7 Å². The van der Waals surface area contributed by atoms with Crippen LogP contribution < -0.4 is 16.4 Å². The third kappa shape index (κ3) is 4.21. The lowest BCUT2D eigenvalue weighted by Crippen LogP contribution is -2.42. The van der Waals surface area contributed by atoms with Crippen LogP contribution in [0.4, 0.5) is 4.79 Å². The van der Waals surface area contributed by atoms with E-state index in [2.05, 4.69) is 22.8 Å². The summed E-state index contributed by atoms with van der Waals surface area (Å²) in [5.41, 5.74) is 7.36. The second-order valence-corrected chi connectivity index (χ2v) is 6.56. The van der Waals surface area contributed by atoms with Crippen LogP contribution >= 0.6 is 0 Å². The third-order valence-corrected chi connectivity index (χ3v) is 4.72. The van der Waals surface area contributed by atoms with Crippen LogP contribution in [0.25, 0.3) is 0 Å². The molecule has 3 rings (SSSR count). The van der Waals surface area contributed by atoms with Crippen molar-refractivity contribution in [3.05, 3.63) is 35.9 Å². The number of fused-ring (bicyclic) bond motifs is 1. The van der Waals surface area contributed by atoms with Gasteiger partial charge in [0.2, 0.25) is 0 Å². The molecule has 4 N–H and O–H groups in total. The van der Waals surface area contributed by atoms with E-state index in [9.17, 15) is 4.79 Å². The van der Waals surface area contributed by atoms with Crippen molar-refractivity contribution in [2.45, 2.75) is 44.2 Å². The number of urea groups is 1. The fourth-order valence-corrected chi connectivity index (χ4v) is 3.46. The second-order valence-electron chi connectivity index (χ2n) is 6.56. The molecule has 2 fully saturated rings. The number of hydrogen-bond acceptors (Lipinski definition) is 2. The van der Waals surface area contributed by atoms with Gasteiger partial charge in [0.05, 0.1) is 0 Å². The molecule has 0 saturated heterocycles. The predicted molar refractivity (Wildman–Crippen MR) is 83.9 cm³/mol. The lowest BCUT2D eigenvalue weighted by atomic mass is 10.0. The van der Waals surface area contributed by atoms with Crippen LogP contribution in [0.1, 0.15) is 31.2 Å². The molecule has 0 radical (unpaired) electrons. The number of amides is 2. The van der Waals surface area contributed by atoms with Gasteiger partial charge < -0.3 is 16.4 Å². The molecular formula is C17H25N3O. The van der Waals surface area contributed by atoms with Gasteiger partial charge in [-0.05, 0) is 49.5 Å². The number of carbonyl (C=O) groups is 1. The molecule has 2 aliphatic rings. The molecule has 0 aliphatic heterocycles. The Morgan fingerprint density at radius 2 is 1.90 bits per heavy atom. The van der Waals surface area contributed by atoms with Crippen LogP contribution in [-0.4, -0.2) is 24.7 Å². The minimum Gasteiger partial charge on any atom is -0.338 e. The van der Waals surface area contributed by atoms with Crippen LogP contribution in [0.5, 0.6) is 0 Å². The van der Waals surface area contributed by atoms with Gasteiger partial charge in [0.15, 0.2) is 0 Å². The molecule has 114 valence electrons. The predicted octanol–water partition coefficient (Wildman–Crippen LogP) is 2.04. The first-order valence-electron chi connectivity index (χ1n) is 8.04. The van der Waals surface area contributed by atoms with E-state index in [0.29, 0.717) is 12.6 Å². The summed E-state index contributed by atoms with van der Waals surface area (Å²) in [6.07, 6.45) is 5.39. The maximum absolute atomic E-state index is 11.8. The highest BCUT2D eigenvalue weighted by Crippen LogP contribution is 2.51. The molecule has 3 atom stereocenters. The van der Waals surface area contributed by atoms with Crippen molar-refractivity contribution in [2.75, 3.05) is 6.54 Å². The Morgan fingerprint density at radius 3 is 2.62 bits per heavy atom. The molecule has 4 nitrogen and oxygen atoms in total. The first-order chi connectivity index (χ1) is 10.2. The SMILES string of the molecule is NC(CCNC(=O)NC1CC2CC2C1)Cc1ccccc1. The van der Waals surface area contributed by atoms with Gasteiger partial charge in [0.25, 0.3) is 0 Å². The number of carbonyl (C=O) groups excluding carboxylic acids is 1. The molecule has 2 aliphatic carbocycles. The van der Waals surface area contributed by atoms with E-state index in [1.165, 1.54) is 24.8 Å². The maximum atomic E-state index is 11.8. The highest BCUT2D eigenvalue weighted by molar-refractivity contribution is 5.74. The Kier molecular flexibility index (Phi) is 4.44. The molecule has 0 aromatic heterocycles. The fourth-order valence-electron chi connectivity index (χ4n) is 3.46. The Labute approximate surface area is 126 Å². The van der Waals surface area contributed by atoms with Crippen LogP contribution in [0.15, 0.2) is 30.3 Å². The Hall–Kier alpha value is -1.55. The zero-order valence-electron chi connectivity index (χ0n) is 12.4. The second kappa shape index (κ2) is 6.48. The third-order valence-electron chi connectivity index (χ3n) is 4.72. The molecule has 2 amide bonds. The van der Waals surface area contributed by atoms with E-state index >= 15 is 0 Å². The van der Waals surface area contributed by atoms with E-state index in [1.54, 1.807) is 0 Å². The average Bonchev–Trinajstić information content (AvgIpc) is 3.07. The van der Waals surface area contributed by atoms with Crippen LogP contribution in [0.2, 0.25) is 0 Å². The topological polar surface area (TPSA) is 67.1 Å². The summed E-state index contributed by atoms with van der Waals surface area (Å²) in [4.78, 5) is 11.8. The lowest BCUT2D eigenvalue weighted by Gasteiger charge is -2.16. The highest BCUT2D eigenvalue weighted by Gasteiger charge is 2.46. The monoisotopic (exact) mass is 287 g/mol. The van der Waals surface area contributed by atoms with Gasteiger partial charge in [-0.3, -0.25) is 0 Å². The van der Waals surface area contributed by atoms with Gasteiger partial charge in [-0.1, -0.05) is 30.3 Å². The largest absolute Gasteiger partial charge is 0.338 e. The van der Waals surface area contributed by atoms with Crippen molar-refractivity contribution < 1.29 is 4.79 Å². The summed E-state index contributed by atoms with van der Waals surface area (Å²) in [5, 5.41) is 6.00.